The Bertz CT molecular complexity index is 968. The number of hydrogen-bond donors (Lipinski definition) is 1. The van der Waals surface area contributed by atoms with E-state index in [1.807, 2.05) is 61.5 Å². The monoisotopic (exact) mass is 362 g/mol. The van der Waals surface area contributed by atoms with Crippen LogP contribution in [-0.2, 0) is 20.7 Å². The number of aryl methyl sites for hydroxylation is 2. The smallest absolute Gasteiger partial charge is 0.306 e. The third kappa shape index (κ3) is 5.14. The van der Waals surface area contributed by atoms with Gasteiger partial charge >= 0.3 is 5.97 Å². The quantitative estimate of drug-likeness (QED) is 0.672. The fraction of sp³-hybridized carbons (Fsp3) is 0.227. The van der Waals surface area contributed by atoms with Crippen LogP contribution in [-0.4, -0.2) is 23.0 Å². The van der Waals surface area contributed by atoms with E-state index < -0.39 is 12.1 Å². The first-order valence-electron chi connectivity index (χ1n) is 8.93. The maximum absolute atomic E-state index is 12.2. The maximum atomic E-state index is 12.2. The zero-order valence-electron chi connectivity index (χ0n) is 15.4. The van der Waals surface area contributed by atoms with E-state index in [4.69, 9.17) is 4.74 Å². The second-order valence-electron chi connectivity index (χ2n) is 6.49. The van der Waals surface area contributed by atoms with Gasteiger partial charge in [0.2, 0.25) is 0 Å². The maximum Gasteiger partial charge on any atom is 0.306 e. The third-order valence-electron chi connectivity index (χ3n) is 4.20. The number of benzene rings is 2. The summed E-state index contributed by atoms with van der Waals surface area (Å²) in [6.07, 6.45) is -0.217. The van der Waals surface area contributed by atoms with E-state index in [0.29, 0.717) is 12.1 Å². The molecule has 1 heterocycles. The SMILES string of the molecule is Cc1cccc(NC(=O)C(C)OC(=O)CCc2ccc3ccccc3n2)c1. The zero-order valence-corrected chi connectivity index (χ0v) is 15.4. The van der Waals surface area contributed by atoms with Gasteiger partial charge in [0.25, 0.3) is 5.91 Å². The lowest BCUT2D eigenvalue weighted by Gasteiger charge is -2.14. The van der Waals surface area contributed by atoms with E-state index in [-0.39, 0.29) is 12.3 Å². The summed E-state index contributed by atoms with van der Waals surface area (Å²) in [6, 6.07) is 19.2. The van der Waals surface area contributed by atoms with Crippen molar-refractivity contribution >= 4 is 28.5 Å². The van der Waals surface area contributed by atoms with Crippen LogP contribution in [0, 0.1) is 6.92 Å². The third-order valence-corrected chi connectivity index (χ3v) is 4.20. The number of rotatable bonds is 6. The highest BCUT2D eigenvalue weighted by atomic mass is 16.5. The van der Waals surface area contributed by atoms with Crippen molar-refractivity contribution in [2.24, 2.45) is 0 Å². The highest BCUT2D eigenvalue weighted by Crippen LogP contribution is 2.14. The molecule has 3 rings (SSSR count). The molecule has 5 heteroatoms. The molecule has 1 unspecified atom stereocenters. The highest BCUT2D eigenvalue weighted by molar-refractivity contribution is 5.95. The topological polar surface area (TPSA) is 68.3 Å². The summed E-state index contributed by atoms with van der Waals surface area (Å²) in [5.74, 6) is -0.769. The number of esters is 1. The molecule has 1 amide bonds. The van der Waals surface area contributed by atoms with Crippen molar-refractivity contribution in [3.63, 3.8) is 0 Å². The van der Waals surface area contributed by atoms with E-state index in [1.165, 1.54) is 0 Å². The standard InChI is InChI=1S/C22H22N2O3/c1-15-6-5-8-19(14-15)24-22(26)16(2)27-21(25)13-12-18-11-10-17-7-3-4-9-20(17)23-18/h3-11,14,16H,12-13H2,1-2H3,(H,24,26). The number of pyridine rings is 1. The summed E-state index contributed by atoms with van der Waals surface area (Å²) >= 11 is 0. The molecular formula is C22H22N2O3. The predicted octanol–water partition coefficient (Wildman–Crippen LogP) is 4.05. The number of anilines is 1. The summed E-state index contributed by atoms with van der Waals surface area (Å²) in [5, 5.41) is 3.81. The average Bonchev–Trinajstić information content (AvgIpc) is 2.66. The number of carbonyl (C=O) groups is 2. The van der Waals surface area contributed by atoms with Gasteiger partial charge in [0.1, 0.15) is 0 Å². The number of ether oxygens (including phenoxy) is 1. The minimum Gasteiger partial charge on any atom is -0.453 e. The number of fused-ring (bicyclic) bond motifs is 1. The molecule has 5 nitrogen and oxygen atoms in total. The Balaban J connectivity index is 1.51. The Morgan fingerprint density at radius 3 is 2.70 bits per heavy atom. The fourth-order valence-corrected chi connectivity index (χ4v) is 2.75. The zero-order chi connectivity index (χ0) is 19.2. The highest BCUT2D eigenvalue weighted by Gasteiger charge is 2.18. The number of aromatic nitrogens is 1. The number of nitrogens with zero attached hydrogens (tertiary/aromatic N) is 1. The number of amides is 1. The Hall–Kier alpha value is -3.21. The normalized spacial score (nSPS) is 11.8. The lowest BCUT2D eigenvalue weighted by Crippen LogP contribution is -2.30. The summed E-state index contributed by atoms with van der Waals surface area (Å²) in [4.78, 5) is 28.8. The Kier molecular flexibility index (Phi) is 5.81. The van der Waals surface area contributed by atoms with Crippen LogP contribution in [0.2, 0.25) is 0 Å². The molecule has 27 heavy (non-hydrogen) atoms. The van der Waals surface area contributed by atoms with Crippen LogP contribution in [0.25, 0.3) is 10.9 Å². The fourth-order valence-electron chi connectivity index (χ4n) is 2.75. The van der Waals surface area contributed by atoms with Gasteiger partial charge in [-0.3, -0.25) is 14.6 Å². The van der Waals surface area contributed by atoms with Gasteiger partial charge in [-0.05, 0) is 43.7 Å². The van der Waals surface area contributed by atoms with Crippen LogP contribution in [0.15, 0.2) is 60.7 Å². The molecule has 0 aliphatic carbocycles. The van der Waals surface area contributed by atoms with E-state index in [1.54, 1.807) is 13.0 Å². The lowest BCUT2D eigenvalue weighted by atomic mass is 10.1. The first-order valence-corrected chi connectivity index (χ1v) is 8.93. The second-order valence-corrected chi connectivity index (χ2v) is 6.49. The molecule has 1 atom stereocenters. The van der Waals surface area contributed by atoms with Crippen molar-refractivity contribution in [2.45, 2.75) is 32.8 Å². The van der Waals surface area contributed by atoms with Crippen LogP contribution in [0.5, 0.6) is 0 Å². The van der Waals surface area contributed by atoms with Crippen molar-refractivity contribution in [1.29, 1.82) is 0 Å². The molecule has 138 valence electrons. The predicted molar refractivity (Wildman–Crippen MR) is 105 cm³/mol. The molecule has 0 saturated carbocycles. The van der Waals surface area contributed by atoms with Crippen molar-refractivity contribution in [3.8, 4) is 0 Å². The molecule has 2 aromatic carbocycles. The molecule has 0 radical (unpaired) electrons. The molecule has 0 spiro atoms. The van der Waals surface area contributed by atoms with E-state index in [9.17, 15) is 9.59 Å². The Morgan fingerprint density at radius 1 is 1.07 bits per heavy atom. The number of carbonyl (C=O) groups excluding carboxylic acids is 2. The second kappa shape index (κ2) is 8.45. The molecule has 0 aliphatic rings. The summed E-state index contributed by atoms with van der Waals surface area (Å²) in [7, 11) is 0. The average molecular weight is 362 g/mol. The van der Waals surface area contributed by atoms with Crippen LogP contribution in [0.3, 0.4) is 0 Å². The van der Waals surface area contributed by atoms with Gasteiger partial charge in [0.05, 0.1) is 11.9 Å². The van der Waals surface area contributed by atoms with Crippen LogP contribution in [0.4, 0.5) is 5.69 Å². The minimum atomic E-state index is -0.859. The first-order chi connectivity index (χ1) is 13.0. The first kappa shape index (κ1) is 18.6. The van der Waals surface area contributed by atoms with Crippen molar-refractivity contribution in [3.05, 3.63) is 71.9 Å². The number of hydrogen-bond acceptors (Lipinski definition) is 4. The molecule has 3 aromatic rings. The van der Waals surface area contributed by atoms with E-state index >= 15 is 0 Å². The van der Waals surface area contributed by atoms with Gasteiger partial charge in [-0.25, -0.2) is 0 Å². The molecule has 1 N–H and O–H groups in total. The molecule has 1 aromatic heterocycles. The van der Waals surface area contributed by atoms with Gasteiger partial charge < -0.3 is 10.1 Å². The Morgan fingerprint density at radius 2 is 1.89 bits per heavy atom. The molecule has 0 saturated heterocycles. The van der Waals surface area contributed by atoms with Crippen LogP contribution >= 0.6 is 0 Å². The summed E-state index contributed by atoms with van der Waals surface area (Å²) < 4.78 is 5.25. The Labute approximate surface area is 158 Å². The molecule has 0 bridgehead atoms. The van der Waals surface area contributed by atoms with Crippen molar-refractivity contribution in [1.82, 2.24) is 4.98 Å². The van der Waals surface area contributed by atoms with Gasteiger partial charge in [0.15, 0.2) is 6.10 Å². The molecule has 0 aliphatic heterocycles. The van der Waals surface area contributed by atoms with Crippen LogP contribution in [0.1, 0.15) is 24.6 Å². The van der Waals surface area contributed by atoms with Crippen molar-refractivity contribution in [2.75, 3.05) is 5.32 Å². The van der Waals surface area contributed by atoms with Crippen LogP contribution < -0.4 is 5.32 Å². The van der Waals surface area contributed by atoms with Gasteiger partial charge in [0, 0.05) is 23.2 Å². The summed E-state index contributed by atoms with van der Waals surface area (Å²) in [5.41, 5.74) is 3.44. The molecule has 0 fully saturated rings. The summed E-state index contributed by atoms with van der Waals surface area (Å²) in [6.45, 7) is 3.51. The van der Waals surface area contributed by atoms with E-state index in [2.05, 4.69) is 10.3 Å². The van der Waals surface area contributed by atoms with Crippen molar-refractivity contribution < 1.29 is 14.3 Å². The van der Waals surface area contributed by atoms with Gasteiger partial charge in [-0.2, -0.15) is 0 Å². The lowest BCUT2D eigenvalue weighted by molar-refractivity contribution is -0.153. The van der Waals surface area contributed by atoms with Gasteiger partial charge in [-0.1, -0.05) is 36.4 Å². The number of nitrogens with one attached hydrogen (secondary N) is 1. The van der Waals surface area contributed by atoms with Gasteiger partial charge in [-0.15, -0.1) is 0 Å². The number of para-hydroxylation sites is 1. The molecular weight excluding hydrogens is 340 g/mol. The van der Waals surface area contributed by atoms with E-state index in [0.717, 1.165) is 22.2 Å². The largest absolute Gasteiger partial charge is 0.453 e. The minimum absolute atomic E-state index is 0.174.